The van der Waals surface area contributed by atoms with Gasteiger partial charge in [0.25, 0.3) is 0 Å². The summed E-state index contributed by atoms with van der Waals surface area (Å²) < 4.78 is 31.6. The molecule has 0 unspecified atom stereocenters. The monoisotopic (exact) mass is 269 g/mol. The first kappa shape index (κ1) is 12.6. The van der Waals surface area contributed by atoms with Crippen molar-refractivity contribution in [2.45, 2.75) is 0 Å². The van der Waals surface area contributed by atoms with Crippen molar-refractivity contribution in [2.75, 3.05) is 12.4 Å². The third-order valence-corrected chi connectivity index (χ3v) is 2.59. The Labute approximate surface area is 108 Å². The van der Waals surface area contributed by atoms with Gasteiger partial charge in [0.05, 0.1) is 18.5 Å². The van der Waals surface area contributed by atoms with Gasteiger partial charge in [0.2, 0.25) is 0 Å². The second-order valence-corrected chi connectivity index (χ2v) is 4.03. The summed E-state index contributed by atoms with van der Waals surface area (Å²) in [5.41, 5.74) is 0.491. The van der Waals surface area contributed by atoms with Crippen LogP contribution in [0.1, 0.15) is 0 Å². The highest BCUT2D eigenvalue weighted by molar-refractivity contribution is 6.31. The molecule has 0 spiro atoms. The van der Waals surface area contributed by atoms with E-state index >= 15 is 0 Å². The highest BCUT2D eigenvalue weighted by Crippen LogP contribution is 2.31. The van der Waals surface area contributed by atoms with E-state index in [1.807, 2.05) is 0 Å². The zero-order valence-corrected chi connectivity index (χ0v) is 10.3. The standard InChI is InChI=1S/C13H10ClF2NO/c1-18-13-5-2-8(14)6-12(13)17-11-7-9(15)3-4-10(11)16/h2-7,17H,1H3. The van der Waals surface area contributed by atoms with Gasteiger partial charge in [-0.2, -0.15) is 0 Å². The SMILES string of the molecule is COc1ccc(Cl)cc1Nc1cc(F)ccc1F. The zero-order chi connectivity index (χ0) is 13.1. The Morgan fingerprint density at radius 1 is 1.06 bits per heavy atom. The van der Waals surface area contributed by atoms with Gasteiger partial charge >= 0.3 is 0 Å². The third-order valence-electron chi connectivity index (χ3n) is 2.36. The molecule has 0 aliphatic rings. The van der Waals surface area contributed by atoms with Crippen LogP contribution in [0.15, 0.2) is 36.4 Å². The number of ether oxygens (including phenoxy) is 1. The Kier molecular flexibility index (Phi) is 3.67. The van der Waals surface area contributed by atoms with E-state index in [-0.39, 0.29) is 5.69 Å². The number of nitrogens with one attached hydrogen (secondary N) is 1. The highest BCUT2D eigenvalue weighted by Gasteiger charge is 2.08. The molecular formula is C13H10ClF2NO. The van der Waals surface area contributed by atoms with E-state index in [0.29, 0.717) is 16.5 Å². The van der Waals surface area contributed by atoms with E-state index in [9.17, 15) is 8.78 Å². The molecule has 0 aliphatic heterocycles. The first-order chi connectivity index (χ1) is 8.60. The molecular weight excluding hydrogens is 260 g/mol. The molecule has 0 atom stereocenters. The van der Waals surface area contributed by atoms with Crippen LogP contribution in [0.4, 0.5) is 20.2 Å². The normalized spacial score (nSPS) is 10.2. The number of benzene rings is 2. The fourth-order valence-corrected chi connectivity index (χ4v) is 1.69. The molecule has 2 rings (SSSR count). The molecule has 0 saturated carbocycles. The fourth-order valence-electron chi connectivity index (χ4n) is 1.52. The van der Waals surface area contributed by atoms with E-state index in [1.54, 1.807) is 18.2 Å². The number of hydrogen-bond acceptors (Lipinski definition) is 2. The minimum atomic E-state index is -0.557. The molecule has 5 heteroatoms. The number of rotatable bonds is 3. The van der Waals surface area contributed by atoms with Crippen molar-refractivity contribution in [1.29, 1.82) is 0 Å². The van der Waals surface area contributed by atoms with E-state index in [4.69, 9.17) is 16.3 Å². The number of anilines is 2. The first-order valence-electron chi connectivity index (χ1n) is 5.16. The molecule has 1 N–H and O–H groups in total. The molecule has 0 amide bonds. The van der Waals surface area contributed by atoms with Crippen molar-refractivity contribution >= 4 is 23.0 Å². The van der Waals surface area contributed by atoms with Gasteiger partial charge in [-0.25, -0.2) is 8.78 Å². The smallest absolute Gasteiger partial charge is 0.146 e. The Morgan fingerprint density at radius 3 is 2.56 bits per heavy atom. The highest BCUT2D eigenvalue weighted by atomic mass is 35.5. The first-order valence-corrected chi connectivity index (χ1v) is 5.53. The average molecular weight is 270 g/mol. The van der Waals surface area contributed by atoms with E-state index < -0.39 is 11.6 Å². The van der Waals surface area contributed by atoms with Gasteiger partial charge in [-0.3, -0.25) is 0 Å². The van der Waals surface area contributed by atoms with Crippen molar-refractivity contribution in [1.82, 2.24) is 0 Å². The molecule has 0 fully saturated rings. The molecule has 2 aromatic rings. The molecule has 2 nitrogen and oxygen atoms in total. The molecule has 0 bridgehead atoms. The second-order valence-electron chi connectivity index (χ2n) is 3.59. The minimum Gasteiger partial charge on any atom is -0.495 e. The fraction of sp³-hybridized carbons (Fsp3) is 0.0769. The zero-order valence-electron chi connectivity index (χ0n) is 9.51. The van der Waals surface area contributed by atoms with E-state index in [1.165, 1.54) is 7.11 Å². The maximum Gasteiger partial charge on any atom is 0.146 e. The Bertz CT molecular complexity index is 575. The molecule has 0 aromatic heterocycles. The van der Waals surface area contributed by atoms with Crippen LogP contribution in [0.3, 0.4) is 0 Å². The third kappa shape index (κ3) is 2.71. The maximum atomic E-state index is 13.5. The molecule has 18 heavy (non-hydrogen) atoms. The summed E-state index contributed by atoms with van der Waals surface area (Å²) in [6.45, 7) is 0. The van der Waals surface area contributed by atoms with Gasteiger partial charge in [0.15, 0.2) is 0 Å². The maximum absolute atomic E-state index is 13.5. The largest absolute Gasteiger partial charge is 0.495 e. The van der Waals surface area contributed by atoms with Gasteiger partial charge in [-0.1, -0.05) is 11.6 Å². The quantitative estimate of drug-likeness (QED) is 0.893. The molecule has 0 heterocycles. The van der Waals surface area contributed by atoms with Gasteiger partial charge in [-0.05, 0) is 30.3 Å². The summed E-state index contributed by atoms with van der Waals surface area (Å²) >= 11 is 5.85. The summed E-state index contributed by atoms with van der Waals surface area (Å²) in [7, 11) is 1.48. The molecule has 94 valence electrons. The summed E-state index contributed by atoms with van der Waals surface area (Å²) in [5.74, 6) is -0.596. The minimum absolute atomic E-state index is 0.0237. The molecule has 0 saturated heterocycles. The summed E-state index contributed by atoms with van der Waals surface area (Å²) in [6.07, 6.45) is 0. The molecule has 0 aliphatic carbocycles. The Balaban J connectivity index is 2.38. The van der Waals surface area contributed by atoms with Gasteiger partial charge < -0.3 is 10.1 Å². The van der Waals surface area contributed by atoms with Crippen molar-refractivity contribution in [3.63, 3.8) is 0 Å². The van der Waals surface area contributed by atoms with Crippen molar-refractivity contribution in [2.24, 2.45) is 0 Å². The van der Waals surface area contributed by atoms with Crippen LogP contribution in [-0.2, 0) is 0 Å². The lowest BCUT2D eigenvalue weighted by atomic mass is 10.2. The van der Waals surface area contributed by atoms with E-state index in [2.05, 4.69) is 5.32 Å². The van der Waals surface area contributed by atoms with Crippen LogP contribution in [-0.4, -0.2) is 7.11 Å². The van der Waals surface area contributed by atoms with Crippen LogP contribution < -0.4 is 10.1 Å². The predicted molar refractivity (Wildman–Crippen MR) is 67.6 cm³/mol. The summed E-state index contributed by atoms with van der Waals surface area (Å²) in [5, 5.41) is 3.22. The molecule has 2 aromatic carbocycles. The van der Waals surface area contributed by atoms with Crippen LogP contribution >= 0.6 is 11.6 Å². The number of methoxy groups -OCH3 is 1. The lowest BCUT2D eigenvalue weighted by molar-refractivity contribution is 0.417. The van der Waals surface area contributed by atoms with Crippen molar-refractivity contribution in [3.8, 4) is 5.75 Å². The Hall–Kier alpha value is -1.81. The predicted octanol–water partition coefficient (Wildman–Crippen LogP) is 4.37. The van der Waals surface area contributed by atoms with Crippen molar-refractivity contribution < 1.29 is 13.5 Å². The second kappa shape index (κ2) is 5.23. The molecule has 0 radical (unpaired) electrons. The number of hydrogen-bond donors (Lipinski definition) is 1. The lowest BCUT2D eigenvalue weighted by Gasteiger charge is -2.12. The van der Waals surface area contributed by atoms with Gasteiger partial charge in [-0.15, -0.1) is 0 Å². The van der Waals surface area contributed by atoms with Crippen LogP contribution in [0.2, 0.25) is 5.02 Å². The topological polar surface area (TPSA) is 21.3 Å². The summed E-state index contributed by atoms with van der Waals surface area (Å²) in [6, 6.07) is 8.03. The van der Waals surface area contributed by atoms with Crippen molar-refractivity contribution in [3.05, 3.63) is 53.1 Å². The van der Waals surface area contributed by atoms with Gasteiger partial charge in [0.1, 0.15) is 17.4 Å². The number of halogens is 3. The van der Waals surface area contributed by atoms with Crippen LogP contribution in [0.5, 0.6) is 5.75 Å². The van der Waals surface area contributed by atoms with Crippen LogP contribution in [0, 0.1) is 11.6 Å². The Morgan fingerprint density at radius 2 is 1.83 bits per heavy atom. The van der Waals surface area contributed by atoms with Crippen LogP contribution in [0.25, 0.3) is 0 Å². The summed E-state index contributed by atoms with van der Waals surface area (Å²) in [4.78, 5) is 0. The average Bonchev–Trinajstić information content (AvgIpc) is 2.34. The van der Waals surface area contributed by atoms with E-state index in [0.717, 1.165) is 18.2 Å². The van der Waals surface area contributed by atoms with Gasteiger partial charge in [0, 0.05) is 11.1 Å². The lowest BCUT2D eigenvalue weighted by Crippen LogP contribution is -1.97.